The summed E-state index contributed by atoms with van der Waals surface area (Å²) in [6.45, 7) is 6.07. The van der Waals surface area contributed by atoms with Crippen LogP contribution in [0.5, 0.6) is 0 Å². The van der Waals surface area contributed by atoms with E-state index in [0.29, 0.717) is 12.0 Å². The van der Waals surface area contributed by atoms with Crippen LogP contribution in [-0.2, 0) is 6.42 Å². The van der Waals surface area contributed by atoms with Gasteiger partial charge in [0.05, 0.1) is 0 Å². The highest BCUT2D eigenvalue weighted by Gasteiger charge is 2.20. The molecule has 0 aliphatic carbocycles. The van der Waals surface area contributed by atoms with Gasteiger partial charge < -0.3 is 10.4 Å². The number of aliphatic hydroxyl groups is 1. The molecular formula is C16H25NO2. The van der Waals surface area contributed by atoms with Gasteiger partial charge in [0.1, 0.15) is 0 Å². The Morgan fingerprint density at radius 2 is 1.89 bits per heavy atom. The lowest BCUT2D eigenvalue weighted by Crippen LogP contribution is -2.44. The van der Waals surface area contributed by atoms with Gasteiger partial charge in [0.15, 0.2) is 0 Å². The maximum Gasteiger partial charge on any atom is 0.251 e. The van der Waals surface area contributed by atoms with E-state index in [9.17, 15) is 4.79 Å². The van der Waals surface area contributed by atoms with Gasteiger partial charge in [0.2, 0.25) is 0 Å². The summed E-state index contributed by atoms with van der Waals surface area (Å²) in [5.74, 6) is -0.0829. The molecule has 1 rings (SSSR count). The summed E-state index contributed by atoms with van der Waals surface area (Å²) in [5, 5.41) is 11.9. The van der Waals surface area contributed by atoms with Gasteiger partial charge in [-0.2, -0.15) is 0 Å². The second-order valence-electron chi connectivity index (χ2n) is 5.61. The van der Waals surface area contributed by atoms with Gasteiger partial charge in [-0.3, -0.25) is 4.79 Å². The van der Waals surface area contributed by atoms with Crippen molar-refractivity contribution < 1.29 is 9.90 Å². The molecule has 0 atom stereocenters. The summed E-state index contributed by atoms with van der Waals surface area (Å²) < 4.78 is 0. The Morgan fingerprint density at radius 3 is 2.42 bits per heavy atom. The minimum Gasteiger partial charge on any atom is -0.396 e. The van der Waals surface area contributed by atoms with Crippen molar-refractivity contribution in [2.75, 3.05) is 6.61 Å². The van der Waals surface area contributed by atoms with Crippen LogP contribution in [0, 0.1) is 0 Å². The molecule has 2 N–H and O–H groups in total. The number of aliphatic hydroxyl groups excluding tert-OH is 1. The van der Waals surface area contributed by atoms with E-state index in [1.807, 2.05) is 38.1 Å². The second kappa shape index (κ2) is 7.29. The number of nitrogens with one attached hydrogen (secondary N) is 1. The molecule has 0 fully saturated rings. The molecule has 0 unspecified atom stereocenters. The van der Waals surface area contributed by atoms with E-state index in [1.165, 1.54) is 18.4 Å². The minimum atomic E-state index is -0.382. The summed E-state index contributed by atoms with van der Waals surface area (Å²) in [4.78, 5) is 12.1. The van der Waals surface area contributed by atoms with Crippen LogP contribution in [0.15, 0.2) is 24.3 Å². The molecule has 1 aromatic rings. The molecule has 0 spiro atoms. The fraction of sp³-hybridized carbons (Fsp3) is 0.562. The average molecular weight is 263 g/mol. The molecule has 0 heterocycles. The van der Waals surface area contributed by atoms with Crippen molar-refractivity contribution >= 4 is 5.91 Å². The maximum absolute atomic E-state index is 12.1. The van der Waals surface area contributed by atoms with Gasteiger partial charge >= 0.3 is 0 Å². The maximum atomic E-state index is 12.1. The normalized spacial score (nSPS) is 11.4. The molecule has 0 saturated heterocycles. The number of carbonyl (C=O) groups excluding carboxylic acids is 1. The average Bonchev–Trinajstić information content (AvgIpc) is 2.36. The van der Waals surface area contributed by atoms with E-state index in [-0.39, 0.29) is 18.1 Å². The van der Waals surface area contributed by atoms with Gasteiger partial charge in [-0.1, -0.05) is 25.5 Å². The quantitative estimate of drug-likeness (QED) is 0.794. The third-order valence-electron chi connectivity index (χ3n) is 3.22. The van der Waals surface area contributed by atoms with E-state index >= 15 is 0 Å². The Balaban J connectivity index is 2.62. The van der Waals surface area contributed by atoms with Crippen LogP contribution in [-0.4, -0.2) is 23.2 Å². The lowest BCUT2D eigenvalue weighted by molar-refractivity contribution is 0.0899. The Morgan fingerprint density at radius 1 is 1.26 bits per heavy atom. The molecule has 106 valence electrons. The molecule has 0 aromatic heterocycles. The van der Waals surface area contributed by atoms with Crippen LogP contribution in [0.1, 0.15) is 56.0 Å². The monoisotopic (exact) mass is 263 g/mol. The SMILES string of the molecule is CCCCc1ccc(C(=O)NC(C)(C)CCO)cc1. The van der Waals surface area contributed by atoms with Crippen LogP contribution in [0.25, 0.3) is 0 Å². The summed E-state index contributed by atoms with van der Waals surface area (Å²) in [6.07, 6.45) is 3.97. The standard InChI is InChI=1S/C16H25NO2/c1-4-5-6-13-7-9-14(10-8-13)15(19)17-16(2,3)11-12-18/h7-10,18H,4-6,11-12H2,1-3H3,(H,17,19). The van der Waals surface area contributed by atoms with Crippen molar-refractivity contribution in [1.82, 2.24) is 5.32 Å². The van der Waals surface area contributed by atoms with Gasteiger partial charge in [-0.15, -0.1) is 0 Å². The molecule has 1 amide bonds. The molecular weight excluding hydrogens is 238 g/mol. The zero-order chi connectivity index (χ0) is 14.3. The molecule has 19 heavy (non-hydrogen) atoms. The highest BCUT2D eigenvalue weighted by molar-refractivity contribution is 5.94. The van der Waals surface area contributed by atoms with Crippen molar-refractivity contribution in [3.8, 4) is 0 Å². The molecule has 3 nitrogen and oxygen atoms in total. The number of rotatable bonds is 7. The van der Waals surface area contributed by atoms with Crippen molar-refractivity contribution in [3.05, 3.63) is 35.4 Å². The molecule has 0 bridgehead atoms. The predicted molar refractivity (Wildman–Crippen MR) is 78.3 cm³/mol. The predicted octanol–water partition coefficient (Wildman–Crippen LogP) is 2.92. The number of unbranched alkanes of at least 4 members (excludes halogenated alkanes) is 1. The van der Waals surface area contributed by atoms with E-state index < -0.39 is 0 Å². The molecule has 0 radical (unpaired) electrons. The number of benzene rings is 1. The lowest BCUT2D eigenvalue weighted by Gasteiger charge is -2.25. The van der Waals surface area contributed by atoms with Crippen LogP contribution in [0.2, 0.25) is 0 Å². The van der Waals surface area contributed by atoms with E-state index in [4.69, 9.17) is 5.11 Å². The number of hydrogen-bond acceptors (Lipinski definition) is 2. The third-order valence-corrected chi connectivity index (χ3v) is 3.22. The van der Waals surface area contributed by atoms with Crippen molar-refractivity contribution in [1.29, 1.82) is 0 Å². The number of hydrogen-bond donors (Lipinski definition) is 2. The fourth-order valence-electron chi connectivity index (χ4n) is 1.93. The van der Waals surface area contributed by atoms with Crippen LogP contribution in [0.3, 0.4) is 0 Å². The van der Waals surface area contributed by atoms with Gasteiger partial charge in [-0.25, -0.2) is 0 Å². The molecule has 0 aliphatic heterocycles. The highest BCUT2D eigenvalue weighted by Crippen LogP contribution is 2.11. The first-order valence-electron chi connectivity index (χ1n) is 7.01. The van der Waals surface area contributed by atoms with Gasteiger partial charge in [0.25, 0.3) is 5.91 Å². The molecule has 1 aromatic carbocycles. The zero-order valence-corrected chi connectivity index (χ0v) is 12.2. The van der Waals surface area contributed by atoms with Crippen molar-refractivity contribution in [3.63, 3.8) is 0 Å². The molecule has 3 heteroatoms. The first-order valence-corrected chi connectivity index (χ1v) is 7.01. The Labute approximate surface area is 116 Å². The molecule has 0 aliphatic rings. The summed E-state index contributed by atoms with van der Waals surface area (Å²) in [6, 6.07) is 7.78. The number of amides is 1. The van der Waals surface area contributed by atoms with Crippen LogP contribution >= 0.6 is 0 Å². The minimum absolute atomic E-state index is 0.0727. The summed E-state index contributed by atoms with van der Waals surface area (Å²) in [7, 11) is 0. The largest absolute Gasteiger partial charge is 0.396 e. The third kappa shape index (κ3) is 5.43. The smallest absolute Gasteiger partial charge is 0.251 e. The fourth-order valence-corrected chi connectivity index (χ4v) is 1.93. The van der Waals surface area contributed by atoms with E-state index in [2.05, 4.69) is 12.2 Å². The van der Waals surface area contributed by atoms with Crippen molar-refractivity contribution in [2.45, 2.75) is 52.0 Å². The number of carbonyl (C=O) groups is 1. The highest BCUT2D eigenvalue weighted by atomic mass is 16.3. The second-order valence-corrected chi connectivity index (χ2v) is 5.61. The van der Waals surface area contributed by atoms with E-state index in [1.54, 1.807) is 0 Å². The Bertz CT molecular complexity index is 396. The Hall–Kier alpha value is -1.35. The number of aryl methyl sites for hydroxylation is 1. The van der Waals surface area contributed by atoms with Gasteiger partial charge in [-0.05, 0) is 50.8 Å². The van der Waals surface area contributed by atoms with Crippen molar-refractivity contribution in [2.24, 2.45) is 0 Å². The topological polar surface area (TPSA) is 49.3 Å². The summed E-state index contributed by atoms with van der Waals surface area (Å²) in [5.41, 5.74) is 1.56. The summed E-state index contributed by atoms with van der Waals surface area (Å²) >= 11 is 0. The lowest BCUT2D eigenvalue weighted by atomic mass is 10.00. The van der Waals surface area contributed by atoms with Gasteiger partial charge in [0, 0.05) is 17.7 Å². The Kier molecular flexibility index (Phi) is 6.03. The van der Waals surface area contributed by atoms with E-state index in [0.717, 1.165) is 6.42 Å². The molecule has 0 saturated carbocycles. The first-order chi connectivity index (χ1) is 8.98. The zero-order valence-electron chi connectivity index (χ0n) is 12.2. The van der Waals surface area contributed by atoms with Crippen LogP contribution < -0.4 is 5.32 Å². The first kappa shape index (κ1) is 15.7. The van der Waals surface area contributed by atoms with Crippen LogP contribution in [0.4, 0.5) is 0 Å².